The lowest BCUT2D eigenvalue weighted by atomic mass is 9.73. The van der Waals surface area contributed by atoms with Gasteiger partial charge in [0.05, 0.1) is 13.2 Å². The molecule has 1 saturated heterocycles. The van der Waals surface area contributed by atoms with E-state index in [0.717, 1.165) is 17.9 Å². The number of amides is 2. The molecule has 1 aliphatic rings. The molecule has 3 aromatic rings. The summed E-state index contributed by atoms with van der Waals surface area (Å²) in [5.74, 6) is 0.755. The Labute approximate surface area is 177 Å². The fourth-order valence-corrected chi connectivity index (χ4v) is 4.34. The monoisotopic (exact) mass is 398 g/mol. The van der Waals surface area contributed by atoms with Crippen molar-refractivity contribution in [1.82, 2.24) is 4.90 Å². The van der Waals surface area contributed by atoms with Gasteiger partial charge in [-0.15, -0.1) is 6.58 Å². The van der Waals surface area contributed by atoms with Crippen molar-refractivity contribution in [3.05, 3.63) is 109 Å². The van der Waals surface area contributed by atoms with E-state index in [0.29, 0.717) is 6.54 Å². The van der Waals surface area contributed by atoms with Gasteiger partial charge in [-0.05, 0) is 41.8 Å². The van der Waals surface area contributed by atoms with Crippen molar-refractivity contribution in [3.8, 4) is 5.75 Å². The summed E-state index contributed by atoms with van der Waals surface area (Å²) in [5, 5.41) is 3.02. The van der Waals surface area contributed by atoms with Crippen LogP contribution in [-0.2, 0) is 5.41 Å². The van der Waals surface area contributed by atoms with Crippen LogP contribution >= 0.6 is 0 Å². The summed E-state index contributed by atoms with van der Waals surface area (Å²) in [6.45, 7) is 4.60. The zero-order valence-corrected chi connectivity index (χ0v) is 17.1. The lowest BCUT2D eigenvalue weighted by molar-refractivity contribution is 0.213. The molecule has 4 rings (SSSR count). The van der Waals surface area contributed by atoms with Crippen LogP contribution < -0.4 is 10.1 Å². The number of hydrogen-bond acceptors (Lipinski definition) is 2. The molecule has 152 valence electrons. The SMILES string of the molecule is C=CC1CC(c2ccccc2)(c2ccccc2)CN1C(=O)Nc1ccc(OC)cc1. The molecule has 4 nitrogen and oxygen atoms in total. The van der Waals surface area contributed by atoms with Crippen LogP contribution in [0.4, 0.5) is 10.5 Å². The van der Waals surface area contributed by atoms with E-state index in [2.05, 4.69) is 60.4 Å². The maximum absolute atomic E-state index is 13.2. The fraction of sp³-hybridized carbons (Fsp3) is 0.192. The molecule has 1 N–H and O–H groups in total. The molecule has 0 aliphatic carbocycles. The summed E-state index contributed by atoms with van der Waals surface area (Å²) < 4.78 is 5.20. The Morgan fingerprint density at radius 2 is 1.57 bits per heavy atom. The fourth-order valence-electron chi connectivity index (χ4n) is 4.34. The van der Waals surface area contributed by atoms with Crippen molar-refractivity contribution in [2.45, 2.75) is 17.9 Å². The van der Waals surface area contributed by atoms with Crippen molar-refractivity contribution < 1.29 is 9.53 Å². The van der Waals surface area contributed by atoms with E-state index < -0.39 is 0 Å². The van der Waals surface area contributed by atoms with Crippen LogP contribution in [0.3, 0.4) is 0 Å². The van der Waals surface area contributed by atoms with Crippen LogP contribution in [0.15, 0.2) is 97.6 Å². The zero-order valence-electron chi connectivity index (χ0n) is 17.1. The molecule has 30 heavy (non-hydrogen) atoms. The first kappa shape index (κ1) is 19.8. The number of urea groups is 1. The largest absolute Gasteiger partial charge is 0.497 e. The molecule has 0 spiro atoms. The third-order valence-electron chi connectivity index (χ3n) is 5.93. The number of hydrogen-bond donors (Lipinski definition) is 1. The number of benzene rings is 3. The Kier molecular flexibility index (Phi) is 5.57. The molecule has 1 atom stereocenters. The van der Waals surface area contributed by atoms with Gasteiger partial charge in [-0.1, -0.05) is 66.7 Å². The van der Waals surface area contributed by atoms with Crippen LogP contribution in [0, 0.1) is 0 Å². The second kappa shape index (κ2) is 8.46. The third-order valence-corrected chi connectivity index (χ3v) is 5.93. The third kappa shape index (κ3) is 3.69. The van der Waals surface area contributed by atoms with Crippen LogP contribution in [0.25, 0.3) is 0 Å². The van der Waals surface area contributed by atoms with Crippen LogP contribution in [0.1, 0.15) is 17.5 Å². The van der Waals surface area contributed by atoms with Crippen molar-refractivity contribution in [3.63, 3.8) is 0 Å². The number of ether oxygens (including phenoxy) is 1. The second-order valence-corrected chi connectivity index (χ2v) is 7.61. The quantitative estimate of drug-likeness (QED) is 0.579. The Morgan fingerprint density at radius 3 is 2.07 bits per heavy atom. The highest BCUT2D eigenvalue weighted by atomic mass is 16.5. The molecule has 0 aromatic heterocycles. The summed E-state index contributed by atoms with van der Waals surface area (Å²) in [6, 6.07) is 28.1. The summed E-state index contributed by atoms with van der Waals surface area (Å²) in [5.41, 5.74) is 2.88. The van der Waals surface area contributed by atoms with E-state index in [1.54, 1.807) is 7.11 Å². The van der Waals surface area contributed by atoms with Crippen molar-refractivity contribution in [2.75, 3.05) is 19.0 Å². The molecule has 3 aromatic carbocycles. The Morgan fingerprint density at radius 1 is 1.00 bits per heavy atom. The minimum absolute atomic E-state index is 0.0661. The number of carbonyl (C=O) groups is 1. The minimum Gasteiger partial charge on any atom is -0.497 e. The standard InChI is InChI=1S/C26H26N2O2/c1-3-23-18-26(20-10-6-4-7-11-20,21-12-8-5-9-13-21)19-28(23)25(29)27-22-14-16-24(30-2)17-15-22/h3-17,23H,1,18-19H2,2H3,(H,27,29). The van der Waals surface area contributed by atoms with Gasteiger partial charge in [-0.3, -0.25) is 0 Å². The molecule has 1 fully saturated rings. The Bertz CT molecular complexity index is 961. The van der Waals surface area contributed by atoms with Gasteiger partial charge in [-0.25, -0.2) is 4.79 Å². The second-order valence-electron chi connectivity index (χ2n) is 7.61. The molecular formula is C26H26N2O2. The molecule has 4 heteroatoms. The Hall–Kier alpha value is -3.53. The maximum atomic E-state index is 13.2. The normalized spacial score (nSPS) is 17.4. The average Bonchev–Trinajstić information content (AvgIpc) is 3.22. The van der Waals surface area contributed by atoms with E-state index >= 15 is 0 Å². The van der Waals surface area contributed by atoms with Gasteiger partial charge in [0.2, 0.25) is 0 Å². The van der Waals surface area contributed by atoms with Gasteiger partial charge in [0.25, 0.3) is 0 Å². The number of rotatable bonds is 5. The van der Waals surface area contributed by atoms with E-state index in [1.807, 2.05) is 47.4 Å². The highest BCUT2D eigenvalue weighted by Gasteiger charge is 2.47. The number of likely N-dealkylation sites (tertiary alicyclic amines) is 1. The molecule has 0 bridgehead atoms. The highest BCUT2D eigenvalue weighted by Crippen LogP contribution is 2.44. The average molecular weight is 399 g/mol. The first-order valence-corrected chi connectivity index (χ1v) is 10.1. The molecule has 0 radical (unpaired) electrons. The maximum Gasteiger partial charge on any atom is 0.322 e. The van der Waals surface area contributed by atoms with Gasteiger partial charge < -0.3 is 15.0 Å². The zero-order chi connectivity index (χ0) is 21.0. The molecule has 1 unspecified atom stereocenters. The first-order valence-electron chi connectivity index (χ1n) is 10.1. The molecule has 1 aliphatic heterocycles. The molecule has 0 saturated carbocycles. The van der Waals surface area contributed by atoms with Crippen molar-refractivity contribution >= 4 is 11.7 Å². The number of carbonyl (C=O) groups excluding carboxylic acids is 1. The number of methoxy groups -OCH3 is 1. The minimum atomic E-state index is -0.279. The summed E-state index contributed by atoms with van der Waals surface area (Å²) >= 11 is 0. The topological polar surface area (TPSA) is 41.6 Å². The van der Waals surface area contributed by atoms with E-state index in [1.165, 1.54) is 11.1 Å². The van der Waals surface area contributed by atoms with Gasteiger partial charge in [0, 0.05) is 17.6 Å². The summed E-state index contributed by atoms with van der Waals surface area (Å²) in [6.07, 6.45) is 2.67. The van der Waals surface area contributed by atoms with E-state index in [4.69, 9.17) is 4.74 Å². The van der Waals surface area contributed by atoms with Crippen LogP contribution in [-0.4, -0.2) is 30.6 Å². The van der Waals surface area contributed by atoms with Gasteiger partial charge in [0.15, 0.2) is 0 Å². The summed E-state index contributed by atoms with van der Waals surface area (Å²) in [7, 11) is 1.62. The van der Waals surface area contributed by atoms with E-state index in [9.17, 15) is 4.79 Å². The Balaban J connectivity index is 1.66. The van der Waals surface area contributed by atoms with Gasteiger partial charge in [0.1, 0.15) is 5.75 Å². The van der Waals surface area contributed by atoms with Crippen molar-refractivity contribution in [2.24, 2.45) is 0 Å². The van der Waals surface area contributed by atoms with E-state index in [-0.39, 0.29) is 17.5 Å². The van der Waals surface area contributed by atoms with Crippen LogP contribution in [0.5, 0.6) is 5.75 Å². The van der Waals surface area contributed by atoms with Crippen LogP contribution in [0.2, 0.25) is 0 Å². The molecule has 1 heterocycles. The number of anilines is 1. The molecule has 2 amide bonds. The predicted octanol–water partition coefficient (Wildman–Crippen LogP) is 5.47. The lowest BCUT2D eigenvalue weighted by Crippen LogP contribution is -2.40. The summed E-state index contributed by atoms with van der Waals surface area (Å²) in [4.78, 5) is 15.1. The van der Waals surface area contributed by atoms with Gasteiger partial charge in [-0.2, -0.15) is 0 Å². The highest BCUT2D eigenvalue weighted by molar-refractivity contribution is 5.90. The molecular weight excluding hydrogens is 372 g/mol. The lowest BCUT2D eigenvalue weighted by Gasteiger charge is -2.30. The number of nitrogens with one attached hydrogen (secondary N) is 1. The predicted molar refractivity (Wildman–Crippen MR) is 121 cm³/mol. The van der Waals surface area contributed by atoms with Crippen molar-refractivity contribution in [1.29, 1.82) is 0 Å². The smallest absolute Gasteiger partial charge is 0.322 e. The van der Waals surface area contributed by atoms with Gasteiger partial charge >= 0.3 is 6.03 Å². The number of nitrogens with zero attached hydrogens (tertiary/aromatic N) is 1. The first-order chi connectivity index (χ1) is 14.7.